The van der Waals surface area contributed by atoms with Crippen molar-refractivity contribution in [3.8, 4) is 0 Å². The van der Waals surface area contributed by atoms with Gasteiger partial charge in [-0.05, 0) is 65.2 Å². The van der Waals surface area contributed by atoms with Crippen molar-refractivity contribution in [2.75, 3.05) is 6.61 Å². The second-order valence-corrected chi connectivity index (χ2v) is 9.78. The van der Waals surface area contributed by atoms with Crippen molar-refractivity contribution in [1.82, 2.24) is 0 Å². The number of aliphatic hydroxyl groups is 3. The van der Waals surface area contributed by atoms with Crippen LogP contribution in [0.25, 0.3) is 0 Å². The lowest BCUT2D eigenvalue weighted by molar-refractivity contribution is -0.138. The molecule has 37 heavy (non-hydrogen) atoms. The first kappa shape index (κ1) is 42.5. The molecule has 0 aliphatic heterocycles. The van der Waals surface area contributed by atoms with Crippen LogP contribution in [-0.4, -0.2) is 51.5 Å². The van der Waals surface area contributed by atoms with Gasteiger partial charge >= 0.3 is 0 Å². The van der Waals surface area contributed by atoms with Crippen LogP contribution in [0.3, 0.4) is 0 Å². The first-order chi connectivity index (χ1) is 16.4. The summed E-state index contributed by atoms with van der Waals surface area (Å²) in [5.41, 5.74) is 0. The van der Waals surface area contributed by atoms with Gasteiger partial charge in [0.25, 0.3) is 0 Å². The van der Waals surface area contributed by atoms with Crippen LogP contribution in [-0.2, 0) is 14.4 Å². The smallest absolute Gasteiger partial charge is 0.142 e. The summed E-state index contributed by atoms with van der Waals surface area (Å²) < 4.78 is 0. The van der Waals surface area contributed by atoms with Gasteiger partial charge in [0.1, 0.15) is 17.3 Å². The lowest BCUT2D eigenvalue weighted by Crippen LogP contribution is -2.39. The fourth-order valence-corrected chi connectivity index (χ4v) is 4.33. The molecule has 0 aliphatic carbocycles. The molecule has 6 heteroatoms. The summed E-state index contributed by atoms with van der Waals surface area (Å²) in [5.74, 6) is -2.04. The molecule has 0 aromatic heterocycles. The molecular formula is C31H60O6. The molecule has 0 saturated carbocycles. The monoisotopic (exact) mass is 528 g/mol. The molecule has 6 nitrogen and oxygen atoms in total. The van der Waals surface area contributed by atoms with E-state index in [1.807, 2.05) is 65.8 Å². The Morgan fingerprint density at radius 2 is 1.05 bits per heavy atom. The van der Waals surface area contributed by atoms with Crippen molar-refractivity contribution < 1.29 is 29.7 Å². The summed E-state index contributed by atoms with van der Waals surface area (Å²) in [6, 6.07) is 0. The summed E-state index contributed by atoms with van der Waals surface area (Å²) in [4.78, 5) is 35.3. The third-order valence-corrected chi connectivity index (χ3v) is 7.02. The van der Waals surface area contributed by atoms with Crippen LogP contribution >= 0.6 is 0 Å². The zero-order chi connectivity index (χ0) is 27.7. The van der Waals surface area contributed by atoms with E-state index in [1.165, 1.54) is 6.92 Å². The second-order valence-electron chi connectivity index (χ2n) is 9.78. The number of carbonyl (C=O) groups is 3. The molecule has 1 unspecified atom stereocenters. The molecule has 0 bridgehead atoms. The summed E-state index contributed by atoms with van der Waals surface area (Å²) in [6.07, 6.45) is 9.46. The van der Waals surface area contributed by atoms with Crippen molar-refractivity contribution >= 4 is 17.3 Å². The van der Waals surface area contributed by atoms with E-state index in [2.05, 4.69) is 0 Å². The molecule has 220 valence electrons. The number of aliphatic hydroxyl groups excluding tert-OH is 3. The van der Waals surface area contributed by atoms with E-state index in [0.717, 1.165) is 12.8 Å². The summed E-state index contributed by atoms with van der Waals surface area (Å²) >= 11 is 0. The van der Waals surface area contributed by atoms with Crippen LogP contribution in [0, 0.1) is 35.5 Å². The minimum absolute atomic E-state index is 0. The molecule has 0 heterocycles. The first-order valence-electron chi connectivity index (χ1n) is 13.1. The van der Waals surface area contributed by atoms with Crippen molar-refractivity contribution in [3.05, 3.63) is 24.3 Å². The van der Waals surface area contributed by atoms with Crippen LogP contribution in [0.4, 0.5) is 0 Å². The number of carbonyl (C=O) groups excluding carboxylic acids is 3. The zero-order valence-electron chi connectivity index (χ0n) is 23.5. The van der Waals surface area contributed by atoms with Gasteiger partial charge < -0.3 is 15.3 Å². The lowest BCUT2D eigenvalue weighted by atomic mass is 9.77. The van der Waals surface area contributed by atoms with E-state index < -0.39 is 30.0 Å². The molecule has 0 fully saturated rings. The third-order valence-electron chi connectivity index (χ3n) is 7.02. The normalized spacial score (nSPS) is 17.6. The quantitative estimate of drug-likeness (QED) is 0.205. The molecule has 0 aromatic rings. The van der Waals surface area contributed by atoms with Crippen molar-refractivity contribution in [1.29, 1.82) is 0 Å². The Bertz CT molecular complexity index is 669. The highest BCUT2D eigenvalue weighted by molar-refractivity contribution is 5.90. The van der Waals surface area contributed by atoms with E-state index >= 15 is 0 Å². The predicted molar refractivity (Wildman–Crippen MR) is 156 cm³/mol. The Hall–Kier alpha value is -1.63. The van der Waals surface area contributed by atoms with E-state index in [9.17, 15) is 29.7 Å². The molecule has 0 radical (unpaired) electrons. The van der Waals surface area contributed by atoms with Crippen LogP contribution in [0.15, 0.2) is 24.3 Å². The minimum Gasteiger partial charge on any atom is -0.396 e. The van der Waals surface area contributed by atoms with Crippen LogP contribution in [0.5, 0.6) is 0 Å². The average Bonchev–Trinajstić information content (AvgIpc) is 2.81. The number of ketones is 3. The van der Waals surface area contributed by atoms with E-state index in [1.54, 1.807) is 13.8 Å². The molecule has 0 aromatic carbocycles. The largest absolute Gasteiger partial charge is 0.396 e. The molecule has 0 aliphatic rings. The number of rotatable bonds is 16. The fraction of sp³-hybridized carbons (Fsp3) is 0.774. The molecular weight excluding hydrogens is 468 g/mol. The van der Waals surface area contributed by atoms with Gasteiger partial charge in [0, 0.05) is 23.7 Å². The zero-order valence-corrected chi connectivity index (χ0v) is 23.5. The molecule has 0 rings (SSSR count). The fourth-order valence-electron chi connectivity index (χ4n) is 4.33. The Morgan fingerprint density at radius 1 is 0.703 bits per heavy atom. The Morgan fingerprint density at radius 3 is 1.32 bits per heavy atom. The van der Waals surface area contributed by atoms with Gasteiger partial charge in [-0.3, -0.25) is 14.4 Å². The average molecular weight is 529 g/mol. The summed E-state index contributed by atoms with van der Waals surface area (Å²) in [7, 11) is 0. The maximum Gasteiger partial charge on any atom is 0.142 e. The van der Waals surface area contributed by atoms with E-state index in [4.69, 9.17) is 0 Å². The van der Waals surface area contributed by atoms with Gasteiger partial charge in [0.15, 0.2) is 0 Å². The summed E-state index contributed by atoms with van der Waals surface area (Å²) in [6.45, 7) is 15.9. The first-order valence-corrected chi connectivity index (χ1v) is 13.1. The Labute approximate surface area is 228 Å². The Kier molecular flexibility index (Phi) is 26.9. The van der Waals surface area contributed by atoms with Crippen molar-refractivity contribution in [3.63, 3.8) is 0 Å². The summed E-state index contributed by atoms with van der Waals surface area (Å²) in [5, 5.41) is 29.6. The molecule has 0 saturated heterocycles. The third kappa shape index (κ3) is 15.4. The van der Waals surface area contributed by atoms with Gasteiger partial charge in [-0.15, -0.1) is 0 Å². The molecule has 0 spiro atoms. The number of allylic oxidation sites excluding steroid dienone is 4. The standard InChI is InChI=1S/C17H30O4.C12H22O2.2CH4/c1-6-8-9-11(3)16(20)14(7-2)17(21)12(4)15(10-18)13(5)19;1-5-7-8-9(3)12(14)11(6-2)10(4)13;;/h6,8,11-12,14-16,18,20H,7,9-10H2,1-5H3;5,7,9,11-12,14H,6,8H2,1-4H3;2*1H4/b8-6+;7-5+;;/t11-,12?,14+,15+,16-;9-,11-,12-;;/m11../s1. The van der Waals surface area contributed by atoms with Gasteiger partial charge in [0.05, 0.1) is 18.8 Å². The molecule has 3 N–H and O–H groups in total. The minimum atomic E-state index is -0.729. The Balaban J connectivity index is -0.000000300. The molecule has 0 amide bonds. The molecule has 8 atom stereocenters. The number of hydrogen-bond acceptors (Lipinski definition) is 6. The van der Waals surface area contributed by atoms with Gasteiger partial charge in [-0.2, -0.15) is 0 Å². The highest BCUT2D eigenvalue weighted by Gasteiger charge is 2.36. The van der Waals surface area contributed by atoms with E-state index in [0.29, 0.717) is 12.8 Å². The second kappa shape index (κ2) is 23.5. The number of hydrogen-bond donors (Lipinski definition) is 3. The van der Waals surface area contributed by atoms with Gasteiger partial charge in [0.2, 0.25) is 0 Å². The maximum atomic E-state index is 12.6. The van der Waals surface area contributed by atoms with E-state index in [-0.39, 0.29) is 56.6 Å². The van der Waals surface area contributed by atoms with Gasteiger partial charge in [-0.1, -0.05) is 73.8 Å². The van der Waals surface area contributed by atoms with Crippen LogP contribution in [0.2, 0.25) is 0 Å². The topological polar surface area (TPSA) is 112 Å². The van der Waals surface area contributed by atoms with Gasteiger partial charge in [-0.25, -0.2) is 0 Å². The van der Waals surface area contributed by atoms with Crippen molar-refractivity contribution in [2.45, 2.75) is 115 Å². The predicted octanol–water partition coefficient (Wildman–Crippen LogP) is 6.22. The number of Topliss-reactive ketones (excluding diaryl/α,β-unsaturated/α-hetero) is 3. The van der Waals surface area contributed by atoms with Crippen LogP contribution in [0.1, 0.15) is 103 Å². The lowest BCUT2D eigenvalue weighted by Gasteiger charge is -2.29. The maximum absolute atomic E-state index is 12.6. The highest BCUT2D eigenvalue weighted by Crippen LogP contribution is 2.26. The van der Waals surface area contributed by atoms with Crippen molar-refractivity contribution in [2.24, 2.45) is 35.5 Å². The SMILES string of the molecule is C.C.C/C=C/C[C@@H](C)[C@@H](O)[C@H](CC)C(=O)C(C)[C@H](CO)C(C)=O.C/C=C/C[C@@H](C)[C@@H](O)[C@H](CC)C(C)=O. The highest BCUT2D eigenvalue weighted by atomic mass is 16.3. The van der Waals surface area contributed by atoms with Crippen LogP contribution < -0.4 is 0 Å².